The zero-order valence-electron chi connectivity index (χ0n) is 10.6. The summed E-state index contributed by atoms with van der Waals surface area (Å²) in [6.45, 7) is 3.88. The number of benzene rings is 1. The van der Waals surface area contributed by atoms with E-state index >= 15 is 0 Å². The number of rotatable bonds is 4. The minimum Gasteiger partial charge on any atom is -0.496 e. The minimum absolute atomic E-state index is 0.173. The van der Waals surface area contributed by atoms with Gasteiger partial charge in [0.1, 0.15) is 11.3 Å². The van der Waals surface area contributed by atoms with Crippen molar-refractivity contribution in [2.45, 2.75) is 26.7 Å². The summed E-state index contributed by atoms with van der Waals surface area (Å²) in [5, 5.41) is 9.40. The number of carbonyl (C=O) groups is 1. The van der Waals surface area contributed by atoms with Crippen molar-refractivity contribution in [2.24, 2.45) is 0 Å². The summed E-state index contributed by atoms with van der Waals surface area (Å²) in [7, 11) is 1.50. The predicted molar refractivity (Wildman–Crippen MR) is 63.4 cm³/mol. The lowest BCUT2D eigenvalue weighted by Gasteiger charge is -2.15. The van der Waals surface area contributed by atoms with Crippen LogP contribution < -0.4 is 4.74 Å². The van der Waals surface area contributed by atoms with Gasteiger partial charge in [0.2, 0.25) is 6.29 Å². The summed E-state index contributed by atoms with van der Waals surface area (Å²) in [5.74, 6) is 0.00750. The molecule has 0 amide bonds. The van der Waals surface area contributed by atoms with Gasteiger partial charge in [0, 0.05) is 12.2 Å². The van der Waals surface area contributed by atoms with E-state index in [0.29, 0.717) is 29.0 Å². The fourth-order valence-corrected chi connectivity index (χ4v) is 2.23. The fraction of sp³-hybridized carbons (Fsp3) is 0.462. The van der Waals surface area contributed by atoms with E-state index in [0.717, 1.165) is 5.56 Å². The zero-order valence-corrected chi connectivity index (χ0v) is 10.6. The van der Waals surface area contributed by atoms with E-state index in [1.54, 1.807) is 6.07 Å². The van der Waals surface area contributed by atoms with Crippen molar-refractivity contribution in [1.29, 1.82) is 0 Å². The summed E-state index contributed by atoms with van der Waals surface area (Å²) in [6, 6.07) is 1.78. The first-order valence-electron chi connectivity index (χ1n) is 5.77. The molecule has 5 heteroatoms. The molecule has 0 aliphatic carbocycles. The van der Waals surface area contributed by atoms with Gasteiger partial charge in [-0.25, -0.2) is 4.79 Å². The third-order valence-corrected chi connectivity index (χ3v) is 2.94. The maximum Gasteiger partial charge on any atom is 0.345 e. The maximum atomic E-state index is 11.9. The van der Waals surface area contributed by atoms with Crippen molar-refractivity contribution in [2.75, 3.05) is 13.7 Å². The molecule has 0 saturated heterocycles. The van der Waals surface area contributed by atoms with Gasteiger partial charge in [-0.1, -0.05) is 0 Å². The second-order valence-electron chi connectivity index (χ2n) is 4.03. The lowest BCUT2D eigenvalue weighted by molar-refractivity contribution is -0.0999. The fourth-order valence-electron chi connectivity index (χ4n) is 2.23. The third-order valence-electron chi connectivity index (χ3n) is 2.94. The highest BCUT2D eigenvalue weighted by atomic mass is 16.7. The molecule has 1 aliphatic heterocycles. The Balaban J connectivity index is 2.64. The molecule has 0 radical (unpaired) electrons. The van der Waals surface area contributed by atoms with Crippen molar-refractivity contribution in [1.82, 2.24) is 0 Å². The van der Waals surface area contributed by atoms with Crippen LogP contribution in [0.3, 0.4) is 0 Å². The van der Waals surface area contributed by atoms with Gasteiger partial charge >= 0.3 is 5.97 Å². The van der Waals surface area contributed by atoms with Crippen molar-refractivity contribution in [3.8, 4) is 5.75 Å². The number of hydrogen-bond acceptors (Lipinski definition) is 5. The molecule has 5 nitrogen and oxygen atoms in total. The average molecular weight is 252 g/mol. The van der Waals surface area contributed by atoms with E-state index in [1.807, 2.05) is 13.8 Å². The van der Waals surface area contributed by atoms with Crippen molar-refractivity contribution in [3.05, 3.63) is 28.3 Å². The zero-order chi connectivity index (χ0) is 13.3. The van der Waals surface area contributed by atoms with Crippen molar-refractivity contribution < 1.29 is 24.1 Å². The molecule has 2 rings (SSSR count). The van der Waals surface area contributed by atoms with Crippen LogP contribution >= 0.6 is 0 Å². The number of hydrogen-bond donors (Lipinski definition) is 1. The highest BCUT2D eigenvalue weighted by molar-refractivity contribution is 5.97. The van der Waals surface area contributed by atoms with Crippen LogP contribution in [-0.2, 0) is 16.1 Å². The Bertz CT molecular complexity index is 481. The molecule has 1 aliphatic rings. The SMILES string of the molecule is CCO[C@@H]1OC(=O)c2c(OC)c(C)cc(CO)c21. The normalized spacial score (nSPS) is 17.6. The highest BCUT2D eigenvalue weighted by Crippen LogP contribution is 2.41. The Morgan fingerprint density at radius 1 is 1.50 bits per heavy atom. The van der Waals surface area contributed by atoms with E-state index in [-0.39, 0.29) is 6.61 Å². The van der Waals surface area contributed by atoms with Crippen LogP contribution in [0.5, 0.6) is 5.75 Å². The highest BCUT2D eigenvalue weighted by Gasteiger charge is 2.37. The Labute approximate surface area is 105 Å². The molecule has 0 unspecified atom stereocenters. The number of carbonyl (C=O) groups excluding carboxylic acids is 1. The number of ether oxygens (including phenoxy) is 3. The van der Waals surface area contributed by atoms with Gasteiger partial charge in [0.05, 0.1) is 13.7 Å². The molecule has 1 atom stereocenters. The smallest absolute Gasteiger partial charge is 0.345 e. The number of aryl methyl sites for hydroxylation is 1. The first-order chi connectivity index (χ1) is 8.63. The van der Waals surface area contributed by atoms with Crippen LogP contribution in [0.15, 0.2) is 6.07 Å². The molecule has 1 aromatic rings. The molecule has 0 saturated carbocycles. The third kappa shape index (κ3) is 1.85. The van der Waals surface area contributed by atoms with E-state index in [4.69, 9.17) is 14.2 Å². The van der Waals surface area contributed by atoms with E-state index < -0.39 is 12.3 Å². The van der Waals surface area contributed by atoms with E-state index in [9.17, 15) is 9.90 Å². The molecule has 1 aromatic carbocycles. The van der Waals surface area contributed by atoms with Crippen molar-refractivity contribution in [3.63, 3.8) is 0 Å². The van der Waals surface area contributed by atoms with Crippen LogP contribution in [-0.4, -0.2) is 24.8 Å². The molecule has 0 bridgehead atoms. The van der Waals surface area contributed by atoms with Crippen LogP contribution in [0.25, 0.3) is 0 Å². The number of esters is 1. The van der Waals surface area contributed by atoms with Gasteiger partial charge in [-0.3, -0.25) is 0 Å². The van der Waals surface area contributed by atoms with Crippen LogP contribution in [0.4, 0.5) is 0 Å². The quantitative estimate of drug-likeness (QED) is 0.826. The molecule has 1 N–H and O–H groups in total. The van der Waals surface area contributed by atoms with Gasteiger partial charge in [-0.15, -0.1) is 0 Å². The minimum atomic E-state index is -0.755. The van der Waals surface area contributed by atoms with Crippen molar-refractivity contribution >= 4 is 5.97 Å². The largest absolute Gasteiger partial charge is 0.496 e. The standard InChI is InChI=1S/C13H16O5/c1-4-17-13-9-8(6-14)5-7(2)11(16-3)10(9)12(15)18-13/h5,13-14H,4,6H2,1-3H3/t13-/m1/s1. The molecule has 1 heterocycles. The molecular weight excluding hydrogens is 236 g/mol. The molecular formula is C13H16O5. The summed E-state index contributed by atoms with van der Waals surface area (Å²) in [6.07, 6.45) is -0.755. The first-order valence-corrected chi connectivity index (χ1v) is 5.77. The number of aliphatic hydroxyl groups is 1. The second kappa shape index (κ2) is 4.96. The Hall–Kier alpha value is -1.59. The molecule has 0 fully saturated rings. The number of aliphatic hydroxyl groups excluding tert-OH is 1. The molecule has 0 spiro atoms. The Kier molecular flexibility index (Phi) is 3.54. The average Bonchev–Trinajstić information content (AvgIpc) is 2.67. The summed E-state index contributed by atoms with van der Waals surface area (Å²) in [4.78, 5) is 11.9. The topological polar surface area (TPSA) is 65.0 Å². The number of fused-ring (bicyclic) bond motifs is 1. The Morgan fingerprint density at radius 3 is 2.78 bits per heavy atom. The molecule has 0 aromatic heterocycles. The number of methoxy groups -OCH3 is 1. The second-order valence-corrected chi connectivity index (χ2v) is 4.03. The van der Waals surface area contributed by atoms with Gasteiger partial charge in [0.15, 0.2) is 0 Å². The van der Waals surface area contributed by atoms with Crippen LogP contribution in [0.2, 0.25) is 0 Å². The molecule has 98 valence electrons. The summed E-state index contributed by atoms with van der Waals surface area (Å²) in [5.41, 5.74) is 2.36. The Morgan fingerprint density at radius 2 is 2.22 bits per heavy atom. The van der Waals surface area contributed by atoms with Gasteiger partial charge in [0.25, 0.3) is 0 Å². The van der Waals surface area contributed by atoms with Gasteiger partial charge < -0.3 is 19.3 Å². The lowest BCUT2D eigenvalue weighted by Crippen LogP contribution is -2.06. The summed E-state index contributed by atoms with van der Waals surface area (Å²) >= 11 is 0. The maximum absolute atomic E-state index is 11.9. The number of cyclic esters (lactones) is 1. The van der Waals surface area contributed by atoms with Crippen LogP contribution in [0.1, 0.15) is 40.3 Å². The lowest BCUT2D eigenvalue weighted by atomic mass is 9.98. The monoisotopic (exact) mass is 252 g/mol. The van der Waals surface area contributed by atoms with Gasteiger partial charge in [-0.05, 0) is 31.0 Å². The van der Waals surface area contributed by atoms with E-state index in [1.165, 1.54) is 7.11 Å². The van der Waals surface area contributed by atoms with E-state index in [2.05, 4.69) is 0 Å². The predicted octanol–water partition coefficient (Wildman–Crippen LogP) is 1.70. The molecule has 18 heavy (non-hydrogen) atoms. The first kappa shape index (κ1) is 12.9. The van der Waals surface area contributed by atoms with Crippen LogP contribution in [0, 0.1) is 6.92 Å². The van der Waals surface area contributed by atoms with Gasteiger partial charge in [-0.2, -0.15) is 0 Å². The summed E-state index contributed by atoms with van der Waals surface area (Å²) < 4.78 is 15.8.